The summed E-state index contributed by atoms with van der Waals surface area (Å²) >= 11 is 1.76. The molecule has 0 bridgehead atoms. The van der Waals surface area contributed by atoms with Gasteiger partial charge in [0, 0.05) is 6.42 Å². The molecule has 0 radical (unpaired) electrons. The first kappa shape index (κ1) is 9.90. The minimum absolute atomic E-state index is 0.0722. The minimum Gasteiger partial charge on any atom is -0.477 e. The number of ether oxygens (including phenoxy) is 1. The maximum absolute atomic E-state index is 5.59. The monoisotopic (exact) mass is 187 g/mol. The van der Waals surface area contributed by atoms with Crippen LogP contribution in [-0.2, 0) is 4.74 Å². The Morgan fingerprint density at radius 2 is 2.33 bits per heavy atom. The Morgan fingerprint density at radius 1 is 1.67 bits per heavy atom. The summed E-state index contributed by atoms with van der Waals surface area (Å²) in [6.45, 7) is 6.43. The van der Waals surface area contributed by atoms with Crippen LogP contribution in [-0.4, -0.2) is 29.5 Å². The van der Waals surface area contributed by atoms with Crippen LogP contribution in [0.25, 0.3) is 0 Å². The molecule has 3 heteroatoms. The average molecular weight is 187 g/mol. The zero-order valence-corrected chi connectivity index (χ0v) is 9.07. The Morgan fingerprint density at radius 3 is 2.83 bits per heavy atom. The fourth-order valence-electron chi connectivity index (χ4n) is 1.58. The predicted molar refractivity (Wildman–Crippen MR) is 55.1 cm³/mol. The summed E-state index contributed by atoms with van der Waals surface area (Å²) in [5, 5.41) is 0. The summed E-state index contributed by atoms with van der Waals surface area (Å²) in [4.78, 5) is 4.53. The van der Waals surface area contributed by atoms with Gasteiger partial charge in [0.05, 0.1) is 17.4 Å². The van der Waals surface area contributed by atoms with E-state index in [9.17, 15) is 0 Å². The molecule has 1 heterocycles. The molecule has 1 atom stereocenters. The van der Waals surface area contributed by atoms with Gasteiger partial charge in [0.2, 0.25) is 0 Å². The molecular weight excluding hydrogens is 170 g/mol. The molecule has 70 valence electrons. The van der Waals surface area contributed by atoms with E-state index in [4.69, 9.17) is 4.74 Å². The van der Waals surface area contributed by atoms with Gasteiger partial charge in [-0.1, -0.05) is 0 Å². The number of nitrogens with zero attached hydrogens (tertiary/aromatic N) is 1. The van der Waals surface area contributed by atoms with E-state index in [1.165, 1.54) is 0 Å². The van der Waals surface area contributed by atoms with Crippen LogP contribution < -0.4 is 0 Å². The molecule has 0 aromatic rings. The van der Waals surface area contributed by atoms with Gasteiger partial charge in [0.25, 0.3) is 0 Å². The van der Waals surface area contributed by atoms with Crippen molar-refractivity contribution in [3.63, 3.8) is 0 Å². The summed E-state index contributed by atoms with van der Waals surface area (Å²) in [5.74, 6) is 1.81. The van der Waals surface area contributed by atoms with Crippen molar-refractivity contribution in [3.8, 4) is 0 Å². The molecule has 0 aliphatic carbocycles. The Kier molecular flexibility index (Phi) is 3.04. The number of rotatable bonds is 2. The second-order valence-corrected chi connectivity index (χ2v) is 4.75. The lowest BCUT2D eigenvalue weighted by Gasteiger charge is -2.31. The van der Waals surface area contributed by atoms with Crippen molar-refractivity contribution in [2.45, 2.75) is 38.8 Å². The van der Waals surface area contributed by atoms with Crippen molar-refractivity contribution in [2.75, 3.05) is 12.0 Å². The molecule has 1 aliphatic heterocycles. The van der Waals surface area contributed by atoms with Crippen LogP contribution in [0, 0.1) is 0 Å². The Hall–Kier alpha value is -0.180. The quantitative estimate of drug-likeness (QED) is 0.662. The first-order valence-electron chi connectivity index (χ1n) is 4.28. The van der Waals surface area contributed by atoms with Gasteiger partial charge in [0.15, 0.2) is 5.90 Å². The summed E-state index contributed by atoms with van der Waals surface area (Å²) in [6, 6.07) is 0. The van der Waals surface area contributed by atoms with Crippen LogP contribution >= 0.6 is 11.8 Å². The van der Waals surface area contributed by atoms with E-state index in [0.717, 1.165) is 18.1 Å². The Bertz CT molecular complexity index is 189. The lowest BCUT2D eigenvalue weighted by Crippen LogP contribution is -2.34. The molecule has 0 fully saturated rings. The van der Waals surface area contributed by atoms with Crippen molar-refractivity contribution in [1.82, 2.24) is 0 Å². The minimum atomic E-state index is 0.0722. The Labute approximate surface area is 78.8 Å². The molecule has 1 aliphatic rings. The van der Waals surface area contributed by atoms with Gasteiger partial charge >= 0.3 is 0 Å². The third kappa shape index (κ3) is 2.70. The van der Waals surface area contributed by atoms with E-state index in [0.29, 0.717) is 6.10 Å². The van der Waals surface area contributed by atoms with Gasteiger partial charge in [-0.25, -0.2) is 4.99 Å². The van der Waals surface area contributed by atoms with Gasteiger partial charge in [0.1, 0.15) is 0 Å². The third-order valence-corrected chi connectivity index (χ3v) is 2.36. The van der Waals surface area contributed by atoms with Gasteiger partial charge in [-0.15, -0.1) is 0 Å². The summed E-state index contributed by atoms with van der Waals surface area (Å²) in [5.41, 5.74) is 0.0722. The maximum atomic E-state index is 5.59. The van der Waals surface area contributed by atoms with Crippen LogP contribution in [0.2, 0.25) is 0 Å². The molecule has 0 saturated carbocycles. The van der Waals surface area contributed by atoms with E-state index in [1.807, 2.05) is 0 Å². The molecule has 0 aromatic heterocycles. The van der Waals surface area contributed by atoms with Gasteiger partial charge in [-0.3, -0.25) is 0 Å². The SMILES string of the molecule is CSCC1=NC(C)(C)CC(C)O1. The van der Waals surface area contributed by atoms with Crippen molar-refractivity contribution in [3.05, 3.63) is 0 Å². The van der Waals surface area contributed by atoms with Crippen LogP contribution in [0.1, 0.15) is 27.2 Å². The molecule has 0 N–H and O–H groups in total. The zero-order valence-electron chi connectivity index (χ0n) is 8.26. The lowest BCUT2D eigenvalue weighted by molar-refractivity contribution is 0.144. The number of hydrogen-bond donors (Lipinski definition) is 0. The highest BCUT2D eigenvalue weighted by Gasteiger charge is 2.27. The second kappa shape index (κ2) is 3.69. The molecule has 2 nitrogen and oxygen atoms in total. The highest BCUT2D eigenvalue weighted by atomic mass is 32.2. The van der Waals surface area contributed by atoms with E-state index in [1.54, 1.807) is 11.8 Å². The maximum Gasteiger partial charge on any atom is 0.194 e. The first-order valence-corrected chi connectivity index (χ1v) is 5.67. The van der Waals surface area contributed by atoms with E-state index < -0.39 is 0 Å². The second-order valence-electron chi connectivity index (χ2n) is 3.88. The van der Waals surface area contributed by atoms with Crippen LogP contribution in [0.3, 0.4) is 0 Å². The highest BCUT2D eigenvalue weighted by Crippen LogP contribution is 2.24. The number of thioether (sulfide) groups is 1. The molecule has 1 rings (SSSR count). The smallest absolute Gasteiger partial charge is 0.194 e. The normalized spacial score (nSPS) is 27.7. The number of aliphatic imine (C=N–C) groups is 1. The van der Waals surface area contributed by atoms with Crippen LogP contribution in [0.4, 0.5) is 0 Å². The van der Waals surface area contributed by atoms with Gasteiger partial charge in [-0.2, -0.15) is 11.8 Å². The third-order valence-electron chi connectivity index (χ3n) is 1.82. The molecule has 12 heavy (non-hydrogen) atoms. The molecule has 1 unspecified atom stereocenters. The molecule has 0 amide bonds. The van der Waals surface area contributed by atoms with Gasteiger partial charge in [-0.05, 0) is 27.0 Å². The van der Waals surface area contributed by atoms with E-state index in [2.05, 4.69) is 32.0 Å². The van der Waals surface area contributed by atoms with Crippen molar-refractivity contribution in [2.24, 2.45) is 4.99 Å². The standard InChI is InChI=1S/C9H17NOS/c1-7-5-9(2,3)10-8(11-7)6-12-4/h7H,5-6H2,1-4H3. The predicted octanol–water partition coefficient (Wildman–Crippen LogP) is 2.34. The number of hydrogen-bond acceptors (Lipinski definition) is 3. The van der Waals surface area contributed by atoms with Crippen LogP contribution in [0.5, 0.6) is 0 Å². The van der Waals surface area contributed by atoms with Crippen molar-refractivity contribution >= 4 is 17.7 Å². The molecular formula is C9H17NOS. The summed E-state index contributed by atoms with van der Waals surface area (Å²) in [6.07, 6.45) is 3.41. The molecule has 0 saturated heterocycles. The van der Waals surface area contributed by atoms with Crippen molar-refractivity contribution in [1.29, 1.82) is 0 Å². The summed E-state index contributed by atoms with van der Waals surface area (Å²) in [7, 11) is 0. The topological polar surface area (TPSA) is 21.6 Å². The van der Waals surface area contributed by atoms with E-state index >= 15 is 0 Å². The van der Waals surface area contributed by atoms with Crippen LogP contribution in [0.15, 0.2) is 4.99 Å². The highest BCUT2D eigenvalue weighted by molar-refractivity contribution is 7.99. The fraction of sp³-hybridized carbons (Fsp3) is 0.889. The largest absolute Gasteiger partial charge is 0.477 e. The van der Waals surface area contributed by atoms with Gasteiger partial charge < -0.3 is 4.74 Å². The zero-order chi connectivity index (χ0) is 9.19. The van der Waals surface area contributed by atoms with E-state index in [-0.39, 0.29) is 5.54 Å². The average Bonchev–Trinajstić information content (AvgIpc) is 1.82. The lowest BCUT2D eigenvalue weighted by atomic mass is 9.97. The van der Waals surface area contributed by atoms with Crippen molar-refractivity contribution < 1.29 is 4.74 Å². The Balaban J connectivity index is 2.66. The molecule has 0 aromatic carbocycles. The molecule has 0 spiro atoms. The first-order chi connectivity index (χ1) is 5.53. The summed E-state index contributed by atoms with van der Waals surface area (Å²) < 4.78 is 5.59. The fourth-order valence-corrected chi connectivity index (χ4v) is 1.96.